The van der Waals surface area contributed by atoms with Gasteiger partial charge in [-0.25, -0.2) is 0 Å². The van der Waals surface area contributed by atoms with Crippen LogP contribution in [0.4, 0.5) is 5.69 Å². The molecule has 0 atom stereocenters. The van der Waals surface area contributed by atoms with Gasteiger partial charge in [-0.3, -0.25) is 0 Å². The lowest BCUT2D eigenvalue weighted by Crippen LogP contribution is -2.55. The fourth-order valence-corrected chi connectivity index (χ4v) is 10.2. The van der Waals surface area contributed by atoms with E-state index in [4.69, 9.17) is 0 Å². The van der Waals surface area contributed by atoms with Crippen LogP contribution in [0.25, 0.3) is 0 Å². The molecule has 4 aliphatic carbocycles. The summed E-state index contributed by atoms with van der Waals surface area (Å²) in [6.07, 6.45) is 8.09. The Morgan fingerprint density at radius 2 is 1.22 bits per heavy atom. The first-order valence-electron chi connectivity index (χ1n) is 12.2. The molecule has 3 aromatic rings. The van der Waals surface area contributed by atoms with Crippen LogP contribution in [-0.4, -0.2) is 5.54 Å². The average molecular weight is 442 g/mol. The summed E-state index contributed by atoms with van der Waals surface area (Å²) >= 11 is 0. The third kappa shape index (κ3) is 3.27. The van der Waals surface area contributed by atoms with Gasteiger partial charge in [0.05, 0.1) is 0 Å². The molecule has 4 aliphatic rings. The van der Waals surface area contributed by atoms with Gasteiger partial charge in [0, 0.05) is 27.1 Å². The Morgan fingerprint density at radius 1 is 0.719 bits per heavy atom. The van der Waals surface area contributed by atoms with Crippen LogP contribution < -0.4 is 21.2 Å². The molecule has 32 heavy (non-hydrogen) atoms. The first kappa shape index (κ1) is 20.3. The predicted octanol–water partition coefficient (Wildman–Crippen LogP) is 6.02. The third-order valence-corrected chi connectivity index (χ3v) is 11.4. The Labute approximate surface area is 191 Å². The Morgan fingerprint density at radius 3 is 1.72 bits per heavy atom. The summed E-state index contributed by atoms with van der Waals surface area (Å²) in [5.74, 6) is 2.61. The van der Waals surface area contributed by atoms with Crippen LogP contribution >= 0.6 is 7.14 Å². The van der Waals surface area contributed by atoms with Crippen LogP contribution in [-0.2, 0) is 4.57 Å². The summed E-state index contributed by atoms with van der Waals surface area (Å²) in [6.45, 7) is 2.17. The lowest BCUT2D eigenvalue weighted by Gasteiger charge is -2.57. The van der Waals surface area contributed by atoms with Gasteiger partial charge in [0.1, 0.15) is 0 Å². The number of anilines is 1. The number of nitrogens with one attached hydrogen (secondary N) is 1. The summed E-state index contributed by atoms with van der Waals surface area (Å²) in [7, 11) is -3.01. The van der Waals surface area contributed by atoms with Gasteiger partial charge < -0.3 is 9.88 Å². The zero-order chi connectivity index (χ0) is 21.8. The van der Waals surface area contributed by atoms with E-state index in [-0.39, 0.29) is 5.54 Å². The standard InChI is InChI=1S/C29H32NOP/c1-21-9-8-14-27(28(21)30-29-18-22-15-23(19-29)17-24(16-22)20-29)32(31,25-10-4-2-5-11-25)26-12-6-3-7-13-26/h2-14,22-24,30H,15-20H2,1H3. The molecule has 3 heteroatoms. The fourth-order valence-electron chi connectivity index (χ4n) is 7.31. The van der Waals surface area contributed by atoms with Gasteiger partial charge in [-0.2, -0.15) is 0 Å². The minimum absolute atomic E-state index is 0.174. The second-order valence-corrected chi connectivity index (χ2v) is 13.3. The molecule has 0 spiro atoms. The van der Waals surface area contributed by atoms with E-state index in [1.165, 1.54) is 44.1 Å². The van der Waals surface area contributed by atoms with Crippen LogP contribution in [0.15, 0.2) is 78.9 Å². The van der Waals surface area contributed by atoms with Crippen molar-refractivity contribution in [2.45, 2.75) is 51.0 Å². The molecule has 0 unspecified atom stereocenters. The number of hydrogen-bond acceptors (Lipinski definition) is 2. The van der Waals surface area contributed by atoms with E-state index >= 15 is 4.57 Å². The highest BCUT2D eigenvalue weighted by Crippen LogP contribution is 2.57. The zero-order valence-corrected chi connectivity index (χ0v) is 19.7. The van der Waals surface area contributed by atoms with Crippen molar-refractivity contribution in [1.29, 1.82) is 0 Å². The van der Waals surface area contributed by atoms with Crippen LogP contribution in [0.1, 0.15) is 44.1 Å². The third-order valence-electron chi connectivity index (χ3n) is 8.26. The predicted molar refractivity (Wildman–Crippen MR) is 135 cm³/mol. The topological polar surface area (TPSA) is 29.1 Å². The molecule has 0 aliphatic heterocycles. The first-order chi connectivity index (χ1) is 15.6. The quantitative estimate of drug-likeness (QED) is 0.491. The Hall–Kier alpha value is -2.31. The number of benzene rings is 3. The van der Waals surface area contributed by atoms with Crippen LogP contribution in [0.3, 0.4) is 0 Å². The summed E-state index contributed by atoms with van der Waals surface area (Å²) in [4.78, 5) is 0. The molecule has 0 heterocycles. The Bertz CT molecular complexity index is 1090. The summed E-state index contributed by atoms with van der Waals surface area (Å²) < 4.78 is 15.1. The molecule has 1 N–H and O–H groups in total. The van der Waals surface area contributed by atoms with Gasteiger partial charge in [-0.15, -0.1) is 0 Å². The summed E-state index contributed by atoms with van der Waals surface area (Å²) in [5.41, 5.74) is 2.49. The summed E-state index contributed by atoms with van der Waals surface area (Å²) in [5, 5.41) is 6.88. The number of rotatable bonds is 5. The van der Waals surface area contributed by atoms with Crippen molar-refractivity contribution in [2.24, 2.45) is 17.8 Å². The van der Waals surface area contributed by atoms with Crippen molar-refractivity contribution in [3.8, 4) is 0 Å². The Kier molecular flexibility index (Phi) is 4.84. The molecule has 2 nitrogen and oxygen atoms in total. The van der Waals surface area contributed by atoms with Crippen molar-refractivity contribution in [3.63, 3.8) is 0 Å². The second-order valence-electron chi connectivity index (χ2n) is 10.6. The zero-order valence-electron chi connectivity index (χ0n) is 18.8. The van der Waals surface area contributed by atoms with E-state index < -0.39 is 7.14 Å². The molecule has 3 aromatic carbocycles. The van der Waals surface area contributed by atoms with E-state index in [9.17, 15) is 0 Å². The first-order valence-corrected chi connectivity index (χ1v) is 13.9. The molecule has 7 rings (SSSR count). The molecule has 0 aromatic heterocycles. The highest BCUT2D eigenvalue weighted by atomic mass is 31.2. The minimum Gasteiger partial charge on any atom is -0.379 e. The van der Waals surface area contributed by atoms with Crippen LogP contribution in [0.2, 0.25) is 0 Å². The second kappa shape index (κ2) is 7.63. The van der Waals surface area contributed by atoms with E-state index in [0.717, 1.165) is 39.4 Å². The molecular formula is C29H32NOP. The average Bonchev–Trinajstić information content (AvgIpc) is 2.80. The largest absolute Gasteiger partial charge is 0.379 e. The molecule has 0 amide bonds. The van der Waals surface area contributed by atoms with Crippen molar-refractivity contribution < 1.29 is 4.57 Å². The van der Waals surface area contributed by atoms with E-state index in [1.807, 2.05) is 60.7 Å². The SMILES string of the molecule is Cc1cccc(P(=O)(c2ccccc2)c2ccccc2)c1NC12CC3CC(CC(C3)C1)C2. The molecule has 4 bridgehead atoms. The monoisotopic (exact) mass is 441 g/mol. The lowest BCUT2D eigenvalue weighted by atomic mass is 9.53. The summed E-state index contributed by atoms with van der Waals surface area (Å²) in [6, 6.07) is 26.5. The normalized spacial score (nSPS) is 28.6. The molecule has 0 saturated heterocycles. The van der Waals surface area contributed by atoms with Crippen molar-refractivity contribution in [1.82, 2.24) is 0 Å². The number of hydrogen-bond donors (Lipinski definition) is 1. The maximum atomic E-state index is 15.1. The highest BCUT2D eigenvalue weighted by molar-refractivity contribution is 7.85. The van der Waals surface area contributed by atoms with Crippen molar-refractivity contribution in [2.75, 3.05) is 5.32 Å². The maximum absolute atomic E-state index is 15.1. The van der Waals surface area contributed by atoms with E-state index in [2.05, 4.69) is 30.4 Å². The van der Waals surface area contributed by atoms with Gasteiger partial charge in [0.25, 0.3) is 0 Å². The number of para-hydroxylation sites is 1. The smallest absolute Gasteiger partial charge is 0.173 e. The van der Waals surface area contributed by atoms with Gasteiger partial charge in [-0.1, -0.05) is 72.8 Å². The van der Waals surface area contributed by atoms with Gasteiger partial charge >= 0.3 is 0 Å². The van der Waals surface area contributed by atoms with Gasteiger partial charge in [0.2, 0.25) is 0 Å². The lowest BCUT2D eigenvalue weighted by molar-refractivity contribution is 0.0107. The molecular weight excluding hydrogens is 409 g/mol. The van der Waals surface area contributed by atoms with Crippen LogP contribution in [0.5, 0.6) is 0 Å². The molecule has 4 saturated carbocycles. The highest BCUT2D eigenvalue weighted by Gasteiger charge is 2.51. The molecule has 164 valence electrons. The minimum atomic E-state index is -3.01. The van der Waals surface area contributed by atoms with Gasteiger partial charge in [0.15, 0.2) is 7.14 Å². The van der Waals surface area contributed by atoms with Gasteiger partial charge in [-0.05, 0) is 74.8 Å². The molecule has 4 fully saturated rings. The Balaban J connectivity index is 1.50. The fraction of sp³-hybridized carbons (Fsp3) is 0.379. The van der Waals surface area contributed by atoms with Crippen molar-refractivity contribution in [3.05, 3.63) is 84.4 Å². The van der Waals surface area contributed by atoms with Crippen LogP contribution in [0, 0.1) is 24.7 Å². The number of aryl methyl sites for hydroxylation is 1. The van der Waals surface area contributed by atoms with E-state index in [1.54, 1.807) is 0 Å². The molecule has 0 radical (unpaired) electrons. The van der Waals surface area contributed by atoms with E-state index in [0.29, 0.717) is 0 Å². The van der Waals surface area contributed by atoms with Crippen molar-refractivity contribution >= 4 is 28.7 Å². The maximum Gasteiger partial charge on any atom is 0.173 e.